The molecule has 0 radical (unpaired) electrons. The van der Waals surface area contributed by atoms with Crippen LogP contribution in [0.4, 0.5) is 5.69 Å². The lowest BCUT2D eigenvalue weighted by Gasteiger charge is -2.31. The third-order valence-electron chi connectivity index (χ3n) is 4.72. The van der Waals surface area contributed by atoms with Gasteiger partial charge in [0, 0.05) is 11.6 Å². The van der Waals surface area contributed by atoms with E-state index in [1.807, 2.05) is 24.3 Å². The van der Waals surface area contributed by atoms with Gasteiger partial charge in [-0.15, -0.1) is 0 Å². The van der Waals surface area contributed by atoms with Crippen LogP contribution in [0.1, 0.15) is 5.56 Å². The fourth-order valence-electron chi connectivity index (χ4n) is 3.22. The Morgan fingerprint density at radius 3 is 2.33 bits per heavy atom. The Labute approximate surface area is 158 Å². The average molecular weight is 392 g/mol. The molecule has 9 heteroatoms. The Bertz CT molecular complexity index is 907. The van der Waals surface area contributed by atoms with Crippen molar-refractivity contribution in [3.05, 3.63) is 64.2 Å². The second-order valence-electron chi connectivity index (χ2n) is 6.40. The van der Waals surface area contributed by atoms with E-state index in [9.17, 15) is 18.5 Å². The molecule has 2 aromatic rings. The van der Waals surface area contributed by atoms with Gasteiger partial charge in [-0.05, 0) is 30.3 Å². The minimum Gasteiger partial charge on any atom is -0.497 e. The zero-order valence-electron chi connectivity index (χ0n) is 15.0. The van der Waals surface area contributed by atoms with E-state index in [4.69, 9.17) is 4.74 Å². The van der Waals surface area contributed by atoms with Gasteiger partial charge in [0.2, 0.25) is 10.0 Å². The molecule has 2 aromatic carbocycles. The van der Waals surface area contributed by atoms with Crippen LogP contribution in [0, 0.1) is 10.1 Å². The summed E-state index contributed by atoms with van der Waals surface area (Å²) in [6.07, 6.45) is 0. The molecule has 1 heterocycles. The minimum atomic E-state index is -3.88. The monoisotopic (exact) mass is 392 g/mol. The molecule has 0 aliphatic carbocycles. The number of ether oxygens (including phenoxy) is 1. The zero-order chi connectivity index (χ0) is 19.4. The molecule has 1 aliphatic heterocycles. The van der Waals surface area contributed by atoms with Crippen molar-refractivity contribution in [2.75, 3.05) is 33.3 Å². The summed E-state index contributed by atoms with van der Waals surface area (Å²) in [5.74, 6) is 0.800. The Kier molecular flexibility index (Phi) is 5.73. The van der Waals surface area contributed by atoms with Crippen molar-refractivity contribution in [1.82, 2.24) is 4.31 Å². The SMILES string of the molecule is COc1ccc(C[NH+]2CCN(S(=O)(=O)c3ccccc3[N+](=O)[O-])CC2)cc1. The number of nitrogens with zero attached hydrogens (tertiary/aromatic N) is 2. The summed E-state index contributed by atoms with van der Waals surface area (Å²) in [5.41, 5.74) is 0.770. The maximum absolute atomic E-state index is 12.8. The topological polar surface area (TPSA) is 94.2 Å². The second kappa shape index (κ2) is 8.03. The summed E-state index contributed by atoms with van der Waals surface area (Å²) in [6.45, 7) is 2.75. The van der Waals surface area contributed by atoms with E-state index in [0.29, 0.717) is 26.2 Å². The van der Waals surface area contributed by atoms with Crippen LogP contribution in [0.2, 0.25) is 0 Å². The van der Waals surface area contributed by atoms with Crippen LogP contribution in [0.5, 0.6) is 5.75 Å². The Hall–Kier alpha value is -2.49. The van der Waals surface area contributed by atoms with Crippen molar-refractivity contribution in [3.8, 4) is 5.75 Å². The second-order valence-corrected chi connectivity index (χ2v) is 8.31. The first-order valence-corrected chi connectivity index (χ1v) is 10.1. The molecular weight excluding hydrogens is 370 g/mol. The van der Waals surface area contributed by atoms with Crippen molar-refractivity contribution in [2.45, 2.75) is 11.4 Å². The van der Waals surface area contributed by atoms with Crippen LogP contribution in [-0.2, 0) is 16.6 Å². The minimum absolute atomic E-state index is 0.242. The first-order chi connectivity index (χ1) is 12.9. The Morgan fingerprint density at radius 1 is 1.11 bits per heavy atom. The van der Waals surface area contributed by atoms with Gasteiger partial charge in [-0.3, -0.25) is 10.1 Å². The fraction of sp³-hybridized carbons (Fsp3) is 0.333. The van der Waals surface area contributed by atoms with Gasteiger partial charge in [0.05, 0.1) is 38.2 Å². The van der Waals surface area contributed by atoms with E-state index in [2.05, 4.69) is 0 Å². The number of para-hydroxylation sites is 1. The molecule has 0 aromatic heterocycles. The molecule has 0 amide bonds. The summed E-state index contributed by atoms with van der Waals surface area (Å²) in [5, 5.41) is 11.2. The van der Waals surface area contributed by atoms with Crippen molar-refractivity contribution in [3.63, 3.8) is 0 Å². The van der Waals surface area contributed by atoms with E-state index in [0.717, 1.165) is 17.9 Å². The molecule has 1 saturated heterocycles. The third kappa shape index (κ3) is 4.26. The molecule has 0 unspecified atom stereocenters. The lowest BCUT2D eigenvalue weighted by molar-refractivity contribution is -0.917. The van der Waals surface area contributed by atoms with E-state index < -0.39 is 14.9 Å². The van der Waals surface area contributed by atoms with Crippen molar-refractivity contribution >= 4 is 15.7 Å². The van der Waals surface area contributed by atoms with Gasteiger partial charge in [0.25, 0.3) is 5.69 Å². The van der Waals surface area contributed by atoms with Gasteiger partial charge in [-0.1, -0.05) is 12.1 Å². The highest BCUT2D eigenvalue weighted by Gasteiger charge is 2.34. The van der Waals surface area contributed by atoms with E-state index >= 15 is 0 Å². The first-order valence-electron chi connectivity index (χ1n) is 8.62. The van der Waals surface area contributed by atoms with E-state index in [1.165, 1.54) is 33.5 Å². The molecule has 3 rings (SSSR count). The number of piperazine rings is 1. The molecule has 144 valence electrons. The van der Waals surface area contributed by atoms with Gasteiger partial charge < -0.3 is 9.64 Å². The largest absolute Gasteiger partial charge is 0.497 e. The molecule has 1 N–H and O–H groups in total. The summed E-state index contributed by atoms with van der Waals surface area (Å²) < 4.78 is 32.2. The molecule has 27 heavy (non-hydrogen) atoms. The molecule has 1 aliphatic rings. The number of nitro groups is 1. The smallest absolute Gasteiger partial charge is 0.289 e. The number of hydrogen-bond acceptors (Lipinski definition) is 5. The lowest BCUT2D eigenvalue weighted by Crippen LogP contribution is -3.13. The maximum Gasteiger partial charge on any atom is 0.289 e. The highest BCUT2D eigenvalue weighted by molar-refractivity contribution is 7.89. The molecule has 8 nitrogen and oxygen atoms in total. The number of benzene rings is 2. The summed E-state index contributed by atoms with van der Waals surface area (Å²) >= 11 is 0. The van der Waals surface area contributed by atoms with Gasteiger partial charge in [-0.2, -0.15) is 4.31 Å². The van der Waals surface area contributed by atoms with Crippen molar-refractivity contribution < 1.29 is 23.0 Å². The average Bonchev–Trinajstić information content (AvgIpc) is 2.69. The summed E-state index contributed by atoms with van der Waals surface area (Å²) in [4.78, 5) is 11.5. The molecule has 0 spiro atoms. The predicted octanol–water partition coefficient (Wildman–Crippen LogP) is 0.693. The van der Waals surface area contributed by atoms with E-state index in [-0.39, 0.29) is 10.6 Å². The van der Waals surface area contributed by atoms with Gasteiger partial charge in [0.1, 0.15) is 12.3 Å². The molecule has 1 fully saturated rings. The summed E-state index contributed by atoms with van der Waals surface area (Å²) in [6, 6.07) is 13.3. The number of nitro benzene ring substituents is 1. The third-order valence-corrected chi connectivity index (χ3v) is 6.67. The number of quaternary nitrogens is 1. The molecule has 0 atom stereocenters. The van der Waals surface area contributed by atoms with Gasteiger partial charge >= 0.3 is 0 Å². The molecular formula is C18H22N3O5S+. The lowest BCUT2D eigenvalue weighted by atomic mass is 10.2. The molecule has 0 saturated carbocycles. The predicted molar refractivity (Wildman–Crippen MR) is 99.2 cm³/mol. The number of nitrogens with one attached hydrogen (secondary N) is 1. The van der Waals surface area contributed by atoms with Crippen LogP contribution in [-0.4, -0.2) is 50.9 Å². The van der Waals surface area contributed by atoms with Gasteiger partial charge in [-0.25, -0.2) is 8.42 Å². The van der Waals surface area contributed by atoms with E-state index in [1.54, 1.807) is 7.11 Å². The number of sulfonamides is 1. The van der Waals surface area contributed by atoms with Crippen molar-refractivity contribution in [2.24, 2.45) is 0 Å². The number of hydrogen-bond donors (Lipinski definition) is 1. The Morgan fingerprint density at radius 2 is 1.74 bits per heavy atom. The van der Waals surface area contributed by atoms with Crippen LogP contribution in [0.3, 0.4) is 0 Å². The normalized spacial score (nSPS) is 16.2. The maximum atomic E-state index is 12.8. The molecule has 0 bridgehead atoms. The van der Waals surface area contributed by atoms with Crippen LogP contribution in [0.25, 0.3) is 0 Å². The number of rotatable bonds is 6. The standard InChI is InChI=1S/C18H21N3O5S/c1-26-16-8-6-15(7-9-16)14-19-10-12-20(13-11-19)27(24,25)18-5-3-2-4-17(18)21(22)23/h2-9H,10-14H2,1H3/p+1. The highest BCUT2D eigenvalue weighted by atomic mass is 32.2. The first kappa shape index (κ1) is 19.3. The zero-order valence-corrected chi connectivity index (χ0v) is 15.8. The van der Waals surface area contributed by atoms with Crippen LogP contribution >= 0.6 is 0 Å². The fourth-order valence-corrected chi connectivity index (χ4v) is 4.82. The quantitative estimate of drug-likeness (QED) is 0.577. The Balaban J connectivity index is 1.67. The summed E-state index contributed by atoms with van der Waals surface area (Å²) in [7, 11) is -2.26. The number of methoxy groups -OCH3 is 1. The highest BCUT2D eigenvalue weighted by Crippen LogP contribution is 2.26. The van der Waals surface area contributed by atoms with Gasteiger partial charge in [0.15, 0.2) is 4.90 Å². The van der Waals surface area contributed by atoms with Crippen LogP contribution < -0.4 is 9.64 Å². The van der Waals surface area contributed by atoms with Crippen molar-refractivity contribution in [1.29, 1.82) is 0 Å². The van der Waals surface area contributed by atoms with Crippen LogP contribution in [0.15, 0.2) is 53.4 Å².